The standard InChI is InChI=1S/C21H21F3N2O4S/c22-21(23,24)15-5-1-13(2-6-15)14-3-7-16(8-4-14)31(29)26-11-9-18-17(10-12-30-18)19(26)20(27)25-28/h1-8,17-19,28H,9-12H2,(H,25,27). The maximum Gasteiger partial charge on any atom is 0.416 e. The van der Waals surface area contributed by atoms with Crippen molar-refractivity contribution in [3.8, 4) is 11.1 Å². The third-order valence-corrected chi connectivity index (χ3v) is 7.31. The van der Waals surface area contributed by atoms with Crippen molar-refractivity contribution in [1.29, 1.82) is 0 Å². The number of nitrogens with one attached hydrogen (secondary N) is 1. The van der Waals surface area contributed by atoms with E-state index in [2.05, 4.69) is 0 Å². The molecular weight excluding hydrogens is 433 g/mol. The minimum Gasteiger partial charge on any atom is -0.593 e. The number of ether oxygens (including phenoxy) is 1. The number of halogens is 3. The summed E-state index contributed by atoms with van der Waals surface area (Å²) in [5, 5.41) is 9.17. The predicted octanol–water partition coefficient (Wildman–Crippen LogP) is 3.38. The number of hydrogen-bond donors (Lipinski definition) is 2. The molecule has 4 unspecified atom stereocenters. The number of amides is 1. The molecule has 1 amide bonds. The zero-order chi connectivity index (χ0) is 22.2. The van der Waals surface area contributed by atoms with E-state index < -0.39 is 35.1 Å². The Hall–Kier alpha value is -2.11. The molecule has 2 N–H and O–H groups in total. The number of carbonyl (C=O) groups is 1. The highest BCUT2D eigenvalue weighted by molar-refractivity contribution is 7.89. The fourth-order valence-corrected chi connectivity index (χ4v) is 5.63. The second kappa shape index (κ2) is 8.79. The van der Waals surface area contributed by atoms with Crippen molar-refractivity contribution in [3.05, 3.63) is 54.1 Å². The second-order valence-corrected chi connectivity index (χ2v) is 9.00. The van der Waals surface area contributed by atoms with Crippen molar-refractivity contribution in [3.63, 3.8) is 0 Å². The molecule has 4 rings (SSSR count). The number of hydroxylamine groups is 1. The van der Waals surface area contributed by atoms with Gasteiger partial charge in [-0.05, 0) is 60.4 Å². The average Bonchev–Trinajstić information content (AvgIpc) is 3.26. The molecule has 6 nitrogen and oxygen atoms in total. The minimum atomic E-state index is -4.39. The third kappa shape index (κ3) is 4.44. The van der Waals surface area contributed by atoms with E-state index in [1.807, 2.05) is 0 Å². The zero-order valence-electron chi connectivity index (χ0n) is 16.3. The Morgan fingerprint density at radius 2 is 1.71 bits per heavy atom. The Labute approximate surface area is 180 Å². The lowest BCUT2D eigenvalue weighted by molar-refractivity contribution is -0.138. The molecule has 0 bridgehead atoms. The number of nitrogens with zero attached hydrogens (tertiary/aromatic N) is 1. The van der Waals surface area contributed by atoms with Crippen LogP contribution in [0.1, 0.15) is 18.4 Å². The molecule has 2 aromatic rings. The first-order valence-corrected chi connectivity index (χ1v) is 10.9. The number of carbonyl (C=O) groups excluding carboxylic acids is 1. The Morgan fingerprint density at radius 1 is 1.10 bits per heavy atom. The molecule has 2 aromatic carbocycles. The van der Waals surface area contributed by atoms with Gasteiger partial charge in [-0.15, -0.1) is 4.31 Å². The van der Waals surface area contributed by atoms with E-state index in [0.717, 1.165) is 12.1 Å². The van der Waals surface area contributed by atoms with Gasteiger partial charge < -0.3 is 9.29 Å². The van der Waals surface area contributed by atoms with Crippen molar-refractivity contribution in [1.82, 2.24) is 9.79 Å². The highest BCUT2D eigenvalue weighted by Crippen LogP contribution is 2.37. The topological polar surface area (TPSA) is 84.9 Å². The summed E-state index contributed by atoms with van der Waals surface area (Å²) in [5.41, 5.74) is 2.24. The molecule has 0 spiro atoms. The van der Waals surface area contributed by atoms with E-state index in [1.54, 1.807) is 34.1 Å². The van der Waals surface area contributed by atoms with Gasteiger partial charge in [-0.25, -0.2) is 5.48 Å². The first kappa shape index (κ1) is 22.1. The summed E-state index contributed by atoms with van der Waals surface area (Å²) < 4.78 is 58.7. The van der Waals surface area contributed by atoms with Crippen molar-refractivity contribution < 1.29 is 32.5 Å². The monoisotopic (exact) mass is 454 g/mol. The SMILES string of the molecule is O=C(NO)C1C2CCOC2CCN1[S+]([O-])c1ccc(-c2ccc(C(F)(F)F)cc2)cc1. The van der Waals surface area contributed by atoms with E-state index in [1.165, 1.54) is 12.1 Å². The first-order chi connectivity index (χ1) is 14.8. The zero-order valence-corrected chi connectivity index (χ0v) is 17.2. The molecular formula is C21H21F3N2O4S. The van der Waals surface area contributed by atoms with Crippen LogP contribution in [0.4, 0.5) is 13.2 Å². The van der Waals surface area contributed by atoms with Crippen LogP contribution in [0.3, 0.4) is 0 Å². The van der Waals surface area contributed by atoms with Gasteiger partial charge >= 0.3 is 6.18 Å². The van der Waals surface area contributed by atoms with Crippen molar-refractivity contribution >= 4 is 17.3 Å². The highest BCUT2D eigenvalue weighted by atomic mass is 32.2. The van der Waals surface area contributed by atoms with Crippen molar-refractivity contribution in [2.45, 2.75) is 36.1 Å². The fourth-order valence-electron chi connectivity index (χ4n) is 4.26. The maximum absolute atomic E-state index is 13.2. The Morgan fingerprint density at radius 3 is 2.29 bits per heavy atom. The maximum atomic E-state index is 13.2. The lowest BCUT2D eigenvalue weighted by Crippen LogP contribution is -2.58. The van der Waals surface area contributed by atoms with E-state index in [0.29, 0.717) is 42.0 Å². The molecule has 0 radical (unpaired) electrons. The van der Waals surface area contributed by atoms with Gasteiger partial charge in [0.2, 0.25) is 0 Å². The molecule has 2 fully saturated rings. The number of alkyl halides is 3. The van der Waals surface area contributed by atoms with Gasteiger partial charge in [0.1, 0.15) is 6.04 Å². The molecule has 0 aliphatic carbocycles. The van der Waals surface area contributed by atoms with Crippen molar-refractivity contribution in [2.75, 3.05) is 13.2 Å². The molecule has 2 heterocycles. The lowest BCUT2D eigenvalue weighted by atomic mass is 9.87. The van der Waals surface area contributed by atoms with Crippen LogP contribution in [0.25, 0.3) is 11.1 Å². The Balaban J connectivity index is 1.53. The molecule has 4 atom stereocenters. The fraction of sp³-hybridized carbons (Fsp3) is 0.381. The number of fused-ring (bicyclic) bond motifs is 1. The normalized spacial score (nSPS) is 25.1. The van der Waals surface area contributed by atoms with Gasteiger partial charge in [-0.3, -0.25) is 10.0 Å². The molecule has 166 valence electrons. The molecule has 31 heavy (non-hydrogen) atoms. The number of piperidine rings is 1. The third-order valence-electron chi connectivity index (χ3n) is 5.80. The van der Waals surface area contributed by atoms with Gasteiger partial charge in [0.05, 0.1) is 23.0 Å². The summed E-state index contributed by atoms with van der Waals surface area (Å²) in [4.78, 5) is 12.8. The van der Waals surface area contributed by atoms with Gasteiger partial charge in [-0.2, -0.15) is 13.2 Å². The van der Waals surface area contributed by atoms with Crippen LogP contribution in [0.5, 0.6) is 0 Å². The first-order valence-electron chi connectivity index (χ1n) is 9.81. The van der Waals surface area contributed by atoms with Gasteiger partial charge in [0, 0.05) is 19.1 Å². The summed E-state index contributed by atoms with van der Waals surface area (Å²) in [6, 6.07) is 10.7. The highest BCUT2D eigenvalue weighted by Gasteiger charge is 2.50. The molecule has 0 aromatic heterocycles. The van der Waals surface area contributed by atoms with Gasteiger partial charge in [0.25, 0.3) is 5.91 Å². The summed E-state index contributed by atoms with van der Waals surface area (Å²) in [5.74, 6) is -0.772. The van der Waals surface area contributed by atoms with Crippen LogP contribution in [0.2, 0.25) is 0 Å². The molecule has 0 saturated carbocycles. The van der Waals surface area contributed by atoms with Gasteiger partial charge in [0.15, 0.2) is 4.90 Å². The van der Waals surface area contributed by atoms with E-state index in [9.17, 15) is 27.7 Å². The van der Waals surface area contributed by atoms with Crippen molar-refractivity contribution in [2.24, 2.45) is 5.92 Å². The average molecular weight is 454 g/mol. The number of benzene rings is 2. The molecule has 2 aliphatic rings. The van der Waals surface area contributed by atoms with E-state index >= 15 is 0 Å². The van der Waals surface area contributed by atoms with E-state index in [-0.39, 0.29) is 12.0 Å². The number of rotatable bonds is 4. The second-order valence-electron chi connectivity index (χ2n) is 7.56. The Kier molecular flexibility index (Phi) is 6.27. The summed E-state index contributed by atoms with van der Waals surface area (Å²) in [7, 11) is 0. The van der Waals surface area contributed by atoms with Crippen LogP contribution in [0.15, 0.2) is 53.4 Å². The van der Waals surface area contributed by atoms with Crippen LogP contribution < -0.4 is 5.48 Å². The summed E-state index contributed by atoms with van der Waals surface area (Å²) in [6.07, 6.45) is -3.22. The van der Waals surface area contributed by atoms with Crippen LogP contribution in [0, 0.1) is 5.92 Å². The van der Waals surface area contributed by atoms with Crippen LogP contribution in [-0.2, 0) is 27.1 Å². The van der Waals surface area contributed by atoms with Crippen LogP contribution >= 0.6 is 0 Å². The molecule has 2 aliphatic heterocycles. The summed E-state index contributed by atoms with van der Waals surface area (Å²) >= 11 is -1.65. The van der Waals surface area contributed by atoms with E-state index in [4.69, 9.17) is 4.74 Å². The molecule has 10 heteroatoms. The smallest absolute Gasteiger partial charge is 0.416 e. The largest absolute Gasteiger partial charge is 0.593 e. The lowest BCUT2D eigenvalue weighted by Gasteiger charge is -2.39. The minimum absolute atomic E-state index is 0.0994. The van der Waals surface area contributed by atoms with Gasteiger partial charge in [-0.1, -0.05) is 12.1 Å². The Bertz CT molecular complexity index is 924. The summed E-state index contributed by atoms with van der Waals surface area (Å²) in [6.45, 7) is 0.888. The van der Waals surface area contributed by atoms with Crippen LogP contribution in [-0.4, -0.2) is 45.3 Å². The number of hydrogen-bond acceptors (Lipinski definition) is 5. The predicted molar refractivity (Wildman–Crippen MR) is 106 cm³/mol. The quantitative estimate of drug-likeness (QED) is 0.420. The molecule has 2 saturated heterocycles.